The maximum absolute atomic E-state index is 12.3. The van der Waals surface area contributed by atoms with Gasteiger partial charge in [0.15, 0.2) is 11.5 Å². The Balaban J connectivity index is 1.90. The summed E-state index contributed by atoms with van der Waals surface area (Å²) >= 11 is 0. The van der Waals surface area contributed by atoms with Crippen LogP contribution in [0.2, 0.25) is 0 Å². The smallest absolute Gasteiger partial charge is 0.224 e. The minimum absolute atomic E-state index is 0.0864. The molecule has 0 aliphatic carbocycles. The summed E-state index contributed by atoms with van der Waals surface area (Å²) in [6, 6.07) is 14.4. The molecule has 0 aromatic heterocycles. The molecule has 3 unspecified atom stereocenters. The lowest BCUT2D eigenvalue weighted by Gasteiger charge is -2.27. The third kappa shape index (κ3) is 10.4. The number of amides is 1. The summed E-state index contributed by atoms with van der Waals surface area (Å²) in [6.45, 7) is 5.55. The SMILES string of the molecule is COCCCOc1cc(CC(CC(N)C(O)CNC(=O)Cc2ccc(C#N)cc2)C(C)C)ccc1OC. The van der Waals surface area contributed by atoms with Gasteiger partial charge in [0.2, 0.25) is 5.91 Å². The average Bonchev–Trinajstić information content (AvgIpc) is 2.89. The van der Waals surface area contributed by atoms with E-state index in [1.54, 1.807) is 38.5 Å². The average molecular weight is 512 g/mol. The van der Waals surface area contributed by atoms with E-state index < -0.39 is 12.1 Å². The number of nitrogens with two attached hydrogens (primary N) is 1. The second-order valence-electron chi connectivity index (χ2n) is 9.64. The van der Waals surface area contributed by atoms with Gasteiger partial charge in [-0.15, -0.1) is 0 Å². The molecule has 202 valence electrons. The highest BCUT2D eigenvalue weighted by Gasteiger charge is 2.23. The Labute approximate surface area is 220 Å². The Morgan fingerprint density at radius 1 is 1.08 bits per heavy atom. The van der Waals surface area contributed by atoms with E-state index in [0.29, 0.717) is 42.6 Å². The van der Waals surface area contributed by atoms with Crippen LogP contribution in [0.15, 0.2) is 42.5 Å². The zero-order valence-electron chi connectivity index (χ0n) is 22.4. The third-order valence-electron chi connectivity index (χ3n) is 6.44. The first kappa shape index (κ1) is 30.1. The number of nitriles is 1. The van der Waals surface area contributed by atoms with Gasteiger partial charge in [-0.05, 0) is 60.1 Å². The van der Waals surface area contributed by atoms with Crippen molar-refractivity contribution in [1.82, 2.24) is 5.32 Å². The van der Waals surface area contributed by atoms with E-state index in [4.69, 9.17) is 25.2 Å². The van der Waals surface area contributed by atoms with Gasteiger partial charge < -0.3 is 30.4 Å². The van der Waals surface area contributed by atoms with Crippen LogP contribution in [0.3, 0.4) is 0 Å². The van der Waals surface area contributed by atoms with E-state index in [2.05, 4.69) is 25.2 Å². The van der Waals surface area contributed by atoms with Gasteiger partial charge >= 0.3 is 0 Å². The summed E-state index contributed by atoms with van der Waals surface area (Å²) in [5.74, 6) is 1.76. The van der Waals surface area contributed by atoms with Crippen LogP contribution in [0.4, 0.5) is 0 Å². The molecule has 0 saturated carbocycles. The van der Waals surface area contributed by atoms with E-state index in [1.807, 2.05) is 18.2 Å². The third-order valence-corrected chi connectivity index (χ3v) is 6.44. The molecule has 3 atom stereocenters. The molecular weight excluding hydrogens is 470 g/mol. The Hall–Kier alpha value is -3.12. The first-order valence-corrected chi connectivity index (χ1v) is 12.7. The molecule has 0 saturated heterocycles. The number of nitrogens with zero attached hydrogens (tertiary/aromatic N) is 1. The van der Waals surface area contributed by atoms with Gasteiger partial charge in [0.05, 0.1) is 37.9 Å². The molecule has 0 spiro atoms. The van der Waals surface area contributed by atoms with Gasteiger partial charge in [0.25, 0.3) is 0 Å². The Kier molecular flexibility index (Phi) is 12.9. The molecule has 0 bridgehead atoms. The molecule has 0 fully saturated rings. The fraction of sp³-hybridized carbons (Fsp3) is 0.517. The summed E-state index contributed by atoms with van der Waals surface area (Å²) in [7, 11) is 3.29. The first-order valence-electron chi connectivity index (χ1n) is 12.7. The topological polar surface area (TPSA) is 127 Å². The Bertz CT molecular complexity index is 1000. The molecule has 0 heterocycles. The largest absolute Gasteiger partial charge is 0.493 e. The predicted octanol–water partition coefficient (Wildman–Crippen LogP) is 3.23. The molecule has 2 aromatic carbocycles. The number of carbonyl (C=O) groups excluding carboxylic acids is 1. The van der Waals surface area contributed by atoms with Gasteiger partial charge in [-0.25, -0.2) is 0 Å². The van der Waals surface area contributed by atoms with Crippen LogP contribution in [0.5, 0.6) is 11.5 Å². The van der Waals surface area contributed by atoms with Crippen molar-refractivity contribution >= 4 is 5.91 Å². The highest BCUT2D eigenvalue weighted by Crippen LogP contribution is 2.31. The maximum atomic E-state index is 12.3. The molecule has 2 rings (SSSR count). The van der Waals surface area contributed by atoms with E-state index in [-0.39, 0.29) is 24.8 Å². The number of carbonyl (C=O) groups is 1. The van der Waals surface area contributed by atoms with E-state index in [0.717, 1.165) is 24.0 Å². The van der Waals surface area contributed by atoms with Gasteiger partial charge in [-0.1, -0.05) is 32.0 Å². The number of methoxy groups -OCH3 is 2. The molecule has 8 nitrogen and oxygen atoms in total. The van der Waals surface area contributed by atoms with Gasteiger partial charge in [0, 0.05) is 32.7 Å². The van der Waals surface area contributed by atoms with Crippen molar-refractivity contribution < 1.29 is 24.1 Å². The summed E-state index contributed by atoms with van der Waals surface area (Å²) in [5, 5.41) is 22.3. The number of rotatable bonds is 16. The van der Waals surface area contributed by atoms with Crippen LogP contribution >= 0.6 is 0 Å². The summed E-state index contributed by atoms with van der Waals surface area (Å²) < 4.78 is 16.4. The molecule has 4 N–H and O–H groups in total. The molecule has 0 aliphatic heterocycles. The van der Waals surface area contributed by atoms with Crippen LogP contribution < -0.4 is 20.5 Å². The van der Waals surface area contributed by atoms with Crippen LogP contribution in [-0.2, 0) is 22.4 Å². The minimum Gasteiger partial charge on any atom is -0.493 e. The van der Waals surface area contributed by atoms with Crippen LogP contribution in [0.1, 0.15) is 43.4 Å². The molecule has 0 aliphatic rings. The van der Waals surface area contributed by atoms with E-state index in [9.17, 15) is 9.90 Å². The van der Waals surface area contributed by atoms with Crippen molar-refractivity contribution in [2.24, 2.45) is 17.6 Å². The van der Waals surface area contributed by atoms with E-state index in [1.165, 1.54) is 0 Å². The Morgan fingerprint density at radius 2 is 1.78 bits per heavy atom. The van der Waals surface area contributed by atoms with Crippen molar-refractivity contribution in [2.75, 3.05) is 34.0 Å². The van der Waals surface area contributed by atoms with Crippen molar-refractivity contribution in [1.29, 1.82) is 5.26 Å². The normalized spacial score (nSPS) is 13.5. The molecule has 37 heavy (non-hydrogen) atoms. The quantitative estimate of drug-likeness (QED) is 0.295. The second kappa shape index (κ2) is 15.9. The van der Waals surface area contributed by atoms with Crippen LogP contribution in [0, 0.1) is 23.2 Å². The fourth-order valence-corrected chi connectivity index (χ4v) is 4.06. The second-order valence-corrected chi connectivity index (χ2v) is 9.64. The summed E-state index contributed by atoms with van der Waals surface area (Å²) in [4.78, 5) is 12.3. The number of hydrogen-bond donors (Lipinski definition) is 3. The predicted molar refractivity (Wildman–Crippen MR) is 143 cm³/mol. The standard InChI is InChI=1S/C29H41N3O5/c1-20(2)24(14-23-10-11-27(36-4)28(15-23)37-13-5-12-35-3)17-25(31)26(33)19-32-29(34)16-21-6-8-22(18-30)9-7-21/h6-11,15,20,24-26,33H,5,12-14,16-17,19,31H2,1-4H3,(H,32,34). The molecule has 2 aromatic rings. The lowest BCUT2D eigenvalue weighted by Crippen LogP contribution is -2.45. The summed E-state index contributed by atoms with van der Waals surface area (Å²) in [5.41, 5.74) is 8.82. The number of ether oxygens (including phenoxy) is 3. The van der Waals surface area contributed by atoms with Crippen LogP contribution in [0.25, 0.3) is 0 Å². The highest BCUT2D eigenvalue weighted by molar-refractivity contribution is 5.78. The highest BCUT2D eigenvalue weighted by atomic mass is 16.5. The lowest BCUT2D eigenvalue weighted by atomic mass is 9.83. The zero-order valence-corrected chi connectivity index (χ0v) is 22.4. The molecule has 0 radical (unpaired) electrons. The summed E-state index contributed by atoms with van der Waals surface area (Å²) in [6.07, 6.45) is 1.49. The monoisotopic (exact) mass is 511 g/mol. The molecule has 1 amide bonds. The number of aliphatic hydroxyl groups is 1. The van der Waals surface area contributed by atoms with Crippen molar-refractivity contribution in [3.63, 3.8) is 0 Å². The number of hydrogen-bond acceptors (Lipinski definition) is 7. The number of nitrogens with one attached hydrogen (secondary N) is 1. The molecule has 8 heteroatoms. The van der Waals surface area contributed by atoms with Crippen molar-refractivity contribution in [3.05, 3.63) is 59.2 Å². The maximum Gasteiger partial charge on any atom is 0.224 e. The van der Waals surface area contributed by atoms with E-state index >= 15 is 0 Å². The first-order chi connectivity index (χ1) is 17.8. The zero-order chi connectivity index (χ0) is 27.2. The van der Waals surface area contributed by atoms with Gasteiger partial charge in [0.1, 0.15) is 0 Å². The van der Waals surface area contributed by atoms with Crippen LogP contribution in [-0.4, -0.2) is 57.1 Å². The lowest BCUT2D eigenvalue weighted by molar-refractivity contribution is -0.121. The minimum atomic E-state index is -0.860. The fourth-order valence-electron chi connectivity index (χ4n) is 4.06. The molecular formula is C29H41N3O5. The Morgan fingerprint density at radius 3 is 2.41 bits per heavy atom. The van der Waals surface area contributed by atoms with Crippen molar-refractivity contribution in [2.45, 2.75) is 51.7 Å². The number of benzene rings is 2. The van der Waals surface area contributed by atoms with Gasteiger partial charge in [-0.3, -0.25) is 4.79 Å². The van der Waals surface area contributed by atoms with Crippen molar-refractivity contribution in [3.8, 4) is 17.6 Å². The number of aliphatic hydroxyl groups excluding tert-OH is 1. The van der Waals surface area contributed by atoms with Gasteiger partial charge in [-0.2, -0.15) is 5.26 Å².